The van der Waals surface area contributed by atoms with Gasteiger partial charge in [0.25, 0.3) is 0 Å². The monoisotopic (exact) mass is 626 g/mol. The van der Waals surface area contributed by atoms with Crippen molar-refractivity contribution in [2.45, 2.75) is 39.3 Å². The number of fused-ring (bicyclic) bond motifs is 1. The van der Waals surface area contributed by atoms with E-state index in [4.69, 9.17) is 9.72 Å². The molecule has 2 aromatic heterocycles. The largest absolute Gasteiger partial charge is 0.481 e. The number of amides is 2. The summed E-state index contributed by atoms with van der Waals surface area (Å²) in [5.41, 5.74) is 2.51. The smallest absolute Gasteiger partial charge is 0.324 e. The lowest BCUT2D eigenvalue weighted by Crippen LogP contribution is -2.44. The molecule has 0 saturated carbocycles. The van der Waals surface area contributed by atoms with Crippen LogP contribution in [0.4, 0.5) is 20.6 Å². The number of halogens is 1. The van der Waals surface area contributed by atoms with Crippen LogP contribution in [-0.4, -0.2) is 83.4 Å². The van der Waals surface area contributed by atoms with Crippen molar-refractivity contribution in [1.29, 1.82) is 0 Å². The number of aromatic nitrogens is 2. The summed E-state index contributed by atoms with van der Waals surface area (Å²) in [6.45, 7) is 8.20. The summed E-state index contributed by atoms with van der Waals surface area (Å²) in [5.74, 6) is -0.868. The van der Waals surface area contributed by atoms with E-state index in [9.17, 15) is 18.8 Å². The maximum absolute atomic E-state index is 14.4. The van der Waals surface area contributed by atoms with Crippen LogP contribution < -0.4 is 20.1 Å². The van der Waals surface area contributed by atoms with E-state index in [1.165, 1.54) is 16.5 Å². The molecule has 11 heteroatoms. The van der Waals surface area contributed by atoms with Crippen molar-refractivity contribution in [2.75, 3.05) is 56.1 Å². The Bertz CT molecular complexity index is 1790. The molecule has 0 aliphatic carbocycles. The van der Waals surface area contributed by atoms with Crippen molar-refractivity contribution in [3.05, 3.63) is 99.9 Å². The number of carbonyl (C=O) groups excluding carboxylic acids is 2. The van der Waals surface area contributed by atoms with Crippen molar-refractivity contribution >= 4 is 28.8 Å². The number of ketones is 1. The van der Waals surface area contributed by atoms with E-state index in [1.807, 2.05) is 50.2 Å². The molecule has 2 amide bonds. The molecule has 240 valence electrons. The maximum Gasteiger partial charge on any atom is 0.324 e. The minimum Gasteiger partial charge on any atom is -0.481 e. The Labute approximate surface area is 267 Å². The first-order valence-electron chi connectivity index (χ1n) is 15.8. The molecule has 2 aliphatic heterocycles. The van der Waals surface area contributed by atoms with Crippen LogP contribution in [0.15, 0.2) is 71.7 Å². The molecule has 6 rings (SSSR count). The van der Waals surface area contributed by atoms with Gasteiger partial charge in [-0.05, 0) is 56.6 Å². The molecule has 2 fully saturated rings. The summed E-state index contributed by atoms with van der Waals surface area (Å²) in [6.07, 6.45) is 2.11. The second-order valence-electron chi connectivity index (χ2n) is 12.2. The molecule has 0 atom stereocenters. The van der Waals surface area contributed by atoms with Crippen LogP contribution in [0.2, 0.25) is 0 Å². The normalized spacial score (nSPS) is 15.8. The van der Waals surface area contributed by atoms with Gasteiger partial charge in [0.05, 0.1) is 11.4 Å². The SMILES string of the molecule is CC(C)N1CCN(c2cc(N3CCN(C)CC3)cn3c(=O)c(OCc4ccccc4)c(C(=O)CCc4ccc(F)cc4)nc23)C1=O. The number of Topliss-reactive ketones (excluding diaryl/α,β-unsaturated/α-hetero) is 1. The summed E-state index contributed by atoms with van der Waals surface area (Å²) in [6, 6.07) is 17.1. The zero-order valence-corrected chi connectivity index (χ0v) is 26.5. The average Bonchev–Trinajstić information content (AvgIpc) is 3.45. The molecule has 0 N–H and O–H groups in total. The minimum absolute atomic E-state index is 0.00171. The van der Waals surface area contributed by atoms with Gasteiger partial charge in [-0.1, -0.05) is 42.5 Å². The van der Waals surface area contributed by atoms with Crippen molar-refractivity contribution in [3.8, 4) is 5.75 Å². The summed E-state index contributed by atoms with van der Waals surface area (Å²) in [7, 11) is 2.08. The number of hydrogen-bond acceptors (Lipinski definition) is 7. The molecule has 0 radical (unpaired) electrons. The number of anilines is 2. The van der Waals surface area contributed by atoms with Crippen molar-refractivity contribution < 1.29 is 18.7 Å². The topological polar surface area (TPSA) is 90.7 Å². The lowest BCUT2D eigenvalue weighted by molar-refractivity contribution is 0.0972. The van der Waals surface area contributed by atoms with Gasteiger partial charge >= 0.3 is 11.6 Å². The molecular formula is C35H39FN6O4. The highest BCUT2D eigenvalue weighted by Gasteiger charge is 2.34. The number of piperazine rings is 1. The standard InChI is InChI=1S/C35H39FN6O4/c1-24(2)40-19-20-41(35(40)45)29-21-28(39-17-15-38(3)16-18-39)22-42-33(29)37-31(30(43)14-11-25-9-12-27(36)13-10-25)32(34(42)44)46-23-26-7-5-4-6-8-26/h4-10,12-13,21-22,24H,11,14-20,23H2,1-3H3. The van der Waals surface area contributed by atoms with E-state index in [2.05, 4.69) is 16.8 Å². The van der Waals surface area contributed by atoms with E-state index < -0.39 is 5.56 Å². The van der Waals surface area contributed by atoms with Gasteiger partial charge in [0.15, 0.2) is 17.1 Å². The molecular weight excluding hydrogens is 587 g/mol. The van der Waals surface area contributed by atoms with Crippen LogP contribution in [0.25, 0.3) is 5.65 Å². The number of pyridine rings is 1. The lowest BCUT2D eigenvalue weighted by atomic mass is 10.1. The van der Waals surface area contributed by atoms with Crippen molar-refractivity contribution in [1.82, 2.24) is 19.2 Å². The third kappa shape index (κ3) is 6.46. The third-order valence-electron chi connectivity index (χ3n) is 8.72. The first kappa shape index (κ1) is 31.2. The molecule has 2 aliphatic rings. The Hall–Kier alpha value is -4.77. The number of hydrogen-bond donors (Lipinski definition) is 0. The van der Waals surface area contributed by atoms with E-state index in [0.717, 1.165) is 43.0 Å². The molecule has 4 heterocycles. The highest BCUT2D eigenvalue weighted by molar-refractivity contribution is 6.00. The van der Waals surface area contributed by atoms with Crippen LogP contribution in [-0.2, 0) is 13.0 Å². The lowest BCUT2D eigenvalue weighted by Gasteiger charge is -2.34. The number of likely N-dealkylation sites (N-methyl/N-ethyl adjacent to an activating group) is 1. The van der Waals surface area contributed by atoms with E-state index in [1.54, 1.807) is 28.1 Å². The Balaban J connectivity index is 1.47. The van der Waals surface area contributed by atoms with Gasteiger partial charge in [-0.3, -0.25) is 18.9 Å². The quantitative estimate of drug-likeness (QED) is 0.237. The summed E-state index contributed by atoms with van der Waals surface area (Å²) in [5, 5.41) is 0. The highest BCUT2D eigenvalue weighted by Crippen LogP contribution is 2.32. The fourth-order valence-corrected chi connectivity index (χ4v) is 5.96. The van der Waals surface area contributed by atoms with Gasteiger partial charge in [-0.15, -0.1) is 0 Å². The summed E-state index contributed by atoms with van der Waals surface area (Å²) >= 11 is 0. The van der Waals surface area contributed by atoms with Crippen molar-refractivity contribution in [2.24, 2.45) is 0 Å². The molecule has 0 spiro atoms. The van der Waals surface area contributed by atoms with Gasteiger partial charge in [0.2, 0.25) is 5.75 Å². The molecule has 0 unspecified atom stereocenters. The van der Waals surface area contributed by atoms with Gasteiger partial charge in [0, 0.05) is 57.9 Å². The second kappa shape index (κ2) is 13.3. The Morgan fingerprint density at radius 2 is 1.65 bits per heavy atom. The summed E-state index contributed by atoms with van der Waals surface area (Å²) < 4.78 is 21.0. The number of carbonyl (C=O) groups is 2. The molecule has 10 nitrogen and oxygen atoms in total. The predicted molar refractivity (Wildman–Crippen MR) is 176 cm³/mol. The van der Waals surface area contributed by atoms with Crippen LogP contribution in [0.3, 0.4) is 0 Å². The molecule has 0 bridgehead atoms. The van der Waals surface area contributed by atoms with Gasteiger partial charge in [-0.25, -0.2) is 14.2 Å². The number of rotatable bonds is 10. The number of urea groups is 1. The molecule has 46 heavy (non-hydrogen) atoms. The zero-order valence-electron chi connectivity index (χ0n) is 26.5. The third-order valence-corrected chi connectivity index (χ3v) is 8.72. The van der Waals surface area contributed by atoms with Gasteiger partial charge in [0.1, 0.15) is 12.4 Å². The Morgan fingerprint density at radius 1 is 0.935 bits per heavy atom. The minimum atomic E-state index is -0.518. The van der Waals surface area contributed by atoms with E-state index in [-0.39, 0.29) is 53.8 Å². The molecule has 2 aromatic carbocycles. The number of benzene rings is 2. The zero-order chi connectivity index (χ0) is 32.4. The van der Waals surface area contributed by atoms with Crippen molar-refractivity contribution in [3.63, 3.8) is 0 Å². The number of nitrogens with zero attached hydrogens (tertiary/aromatic N) is 6. The molecule has 4 aromatic rings. The van der Waals surface area contributed by atoms with Gasteiger partial charge < -0.3 is 19.4 Å². The van der Waals surface area contributed by atoms with Crippen LogP contribution in [0, 0.1) is 5.82 Å². The van der Waals surface area contributed by atoms with Crippen LogP contribution >= 0.6 is 0 Å². The van der Waals surface area contributed by atoms with Crippen LogP contribution in [0.1, 0.15) is 41.9 Å². The first-order valence-corrected chi connectivity index (χ1v) is 15.8. The summed E-state index contributed by atoms with van der Waals surface area (Å²) in [4.78, 5) is 54.5. The van der Waals surface area contributed by atoms with E-state index in [0.29, 0.717) is 25.2 Å². The number of ether oxygens (including phenoxy) is 1. The number of aryl methyl sites for hydroxylation is 1. The fourth-order valence-electron chi connectivity index (χ4n) is 5.96. The predicted octanol–water partition coefficient (Wildman–Crippen LogP) is 4.63. The average molecular weight is 627 g/mol. The fraction of sp³-hybridized carbons (Fsp3) is 0.371. The second-order valence-corrected chi connectivity index (χ2v) is 12.2. The highest BCUT2D eigenvalue weighted by atomic mass is 19.1. The van der Waals surface area contributed by atoms with Crippen LogP contribution in [0.5, 0.6) is 5.75 Å². The maximum atomic E-state index is 14.4. The van der Waals surface area contributed by atoms with Gasteiger partial charge in [-0.2, -0.15) is 0 Å². The Morgan fingerprint density at radius 3 is 2.33 bits per heavy atom. The first-order chi connectivity index (χ1) is 22.2. The molecule has 2 saturated heterocycles. The Kier molecular flexibility index (Phi) is 9.03. The van der Waals surface area contributed by atoms with E-state index >= 15 is 0 Å².